The minimum atomic E-state index is -0.897. The third-order valence-corrected chi connectivity index (χ3v) is 3.97. The number of aliphatic hydroxyl groups is 1. The van der Waals surface area contributed by atoms with Crippen LogP contribution in [0.5, 0.6) is 0 Å². The summed E-state index contributed by atoms with van der Waals surface area (Å²) in [5, 5.41) is 12.6. The van der Waals surface area contributed by atoms with Crippen LogP contribution in [0.4, 0.5) is 9.59 Å². The van der Waals surface area contributed by atoms with E-state index in [-0.39, 0.29) is 26.2 Å². The Balaban J connectivity index is 1.58. The van der Waals surface area contributed by atoms with Gasteiger partial charge in [0.25, 0.3) is 0 Å². The molecule has 2 aromatic carbocycles. The number of carbonyl (C=O) groups is 2. The molecule has 2 aromatic rings. The lowest BCUT2D eigenvalue weighted by Gasteiger charge is -2.20. The second-order valence-corrected chi connectivity index (χ2v) is 6.22. The summed E-state index contributed by atoms with van der Waals surface area (Å²) >= 11 is 0. The summed E-state index contributed by atoms with van der Waals surface area (Å²) in [6.45, 7) is 1.88. The van der Waals surface area contributed by atoms with Crippen LogP contribution in [0, 0.1) is 0 Å². The van der Waals surface area contributed by atoms with E-state index < -0.39 is 24.4 Å². The van der Waals surface area contributed by atoms with Gasteiger partial charge >= 0.3 is 12.2 Å². The normalized spacial score (nSPS) is 12.5. The first-order valence-electron chi connectivity index (χ1n) is 9.03. The standard InChI is InChI=1S/C21H25NO6/c1-16(22-20(24)27-14-17-8-4-2-5-9-17)19(23)12-13-26-21(25)28-15-18-10-6-3-7-11-18/h2-11,16,19,23H,12-15H2,1H3,(H,22,24). The molecule has 0 saturated heterocycles. The fraction of sp³-hybridized carbons (Fsp3) is 0.333. The molecule has 150 valence electrons. The summed E-state index contributed by atoms with van der Waals surface area (Å²) in [5.74, 6) is 0. The molecule has 7 heteroatoms. The van der Waals surface area contributed by atoms with Gasteiger partial charge in [-0.05, 0) is 18.1 Å². The monoisotopic (exact) mass is 387 g/mol. The molecule has 7 nitrogen and oxygen atoms in total. The largest absolute Gasteiger partial charge is 0.508 e. The summed E-state index contributed by atoms with van der Waals surface area (Å²) in [6, 6.07) is 18.0. The highest BCUT2D eigenvalue weighted by atomic mass is 16.7. The van der Waals surface area contributed by atoms with Gasteiger partial charge < -0.3 is 24.6 Å². The zero-order valence-electron chi connectivity index (χ0n) is 15.7. The fourth-order valence-electron chi connectivity index (χ4n) is 2.32. The quantitative estimate of drug-likeness (QED) is 0.641. The third kappa shape index (κ3) is 8.09. The Morgan fingerprint density at radius 3 is 2.00 bits per heavy atom. The van der Waals surface area contributed by atoms with E-state index in [0.29, 0.717) is 0 Å². The number of hydrogen-bond acceptors (Lipinski definition) is 6. The highest BCUT2D eigenvalue weighted by Gasteiger charge is 2.18. The summed E-state index contributed by atoms with van der Waals surface area (Å²) < 4.78 is 15.0. The van der Waals surface area contributed by atoms with Crippen molar-refractivity contribution in [3.63, 3.8) is 0 Å². The maximum Gasteiger partial charge on any atom is 0.508 e. The van der Waals surface area contributed by atoms with Gasteiger partial charge in [0, 0.05) is 6.42 Å². The van der Waals surface area contributed by atoms with Crippen molar-refractivity contribution in [2.75, 3.05) is 6.61 Å². The van der Waals surface area contributed by atoms with E-state index in [1.807, 2.05) is 60.7 Å². The first-order chi connectivity index (χ1) is 13.5. The molecule has 0 saturated carbocycles. The van der Waals surface area contributed by atoms with Crippen LogP contribution in [-0.4, -0.2) is 36.1 Å². The van der Waals surface area contributed by atoms with Gasteiger partial charge in [-0.2, -0.15) is 0 Å². The van der Waals surface area contributed by atoms with Gasteiger partial charge in [0.05, 0.1) is 18.8 Å². The number of hydrogen-bond donors (Lipinski definition) is 2. The molecule has 1 amide bonds. The summed E-state index contributed by atoms with van der Waals surface area (Å²) in [5.41, 5.74) is 1.72. The summed E-state index contributed by atoms with van der Waals surface area (Å²) in [7, 11) is 0. The number of alkyl carbamates (subject to hydrolysis) is 1. The van der Waals surface area contributed by atoms with Crippen molar-refractivity contribution >= 4 is 12.2 Å². The van der Waals surface area contributed by atoms with Gasteiger partial charge in [0.15, 0.2) is 0 Å². The molecule has 0 heterocycles. The van der Waals surface area contributed by atoms with Crippen LogP contribution in [-0.2, 0) is 27.4 Å². The predicted molar refractivity (Wildman–Crippen MR) is 102 cm³/mol. The molecule has 0 bridgehead atoms. The average molecular weight is 387 g/mol. The fourth-order valence-corrected chi connectivity index (χ4v) is 2.32. The van der Waals surface area contributed by atoms with Crippen LogP contribution < -0.4 is 5.32 Å². The van der Waals surface area contributed by atoms with Gasteiger partial charge in [-0.1, -0.05) is 60.7 Å². The molecule has 0 aromatic heterocycles. The first kappa shape index (κ1) is 21.2. The minimum Gasteiger partial charge on any atom is -0.445 e. The Morgan fingerprint density at radius 2 is 1.43 bits per heavy atom. The third-order valence-electron chi connectivity index (χ3n) is 3.97. The van der Waals surface area contributed by atoms with E-state index in [0.717, 1.165) is 11.1 Å². The molecule has 0 radical (unpaired) electrons. The van der Waals surface area contributed by atoms with Gasteiger partial charge in [0.1, 0.15) is 13.2 Å². The molecule has 28 heavy (non-hydrogen) atoms. The molecule has 0 aliphatic rings. The molecule has 2 rings (SSSR count). The van der Waals surface area contributed by atoms with Crippen molar-refractivity contribution in [3.8, 4) is 0 Å². The van der Waals surface area contributed by atoms with Crippen molar-refractivity contribution < 1.29 is 28.9 Å². The Bertz CT molecular complexity index is 722. The Kier molecular flexibility index (Phi) is 8.81. The highest BCUT2D eigenvalue weighted by Crippen LogP contribution is 2.05. The molecular weight excluding hydrogens is 362 g/mol. The van der Waals surface area contributed by atoms with Crippen molar-refractivity contribution in [1.82, 2.24) is 5.32 Å². The van der Waals surface area contributed by atoms with Crippen LogP contribution >= 0.6 is 0 Å². The SMILES string of the molecule is CC(NC(=O)OCc1ccccc1)C(O)CCOC(=O)OCc1ccccc1. The Labute approximate surface area is 164 Å². The lowest BCUT2D eigenvalue weighted by atomic mass is 10.1. The molecule has 2 atom stereocenters. The second-order valence-electron chi connectivity index (χ2n) is 6.22. The van der Waals surface area contributed by atoms with E-state index in [4.69, 9.17) is 14.2 Å². The average Bonchev–Trinajstić information content (AvgIpc) is 2.72. The maximum atomic E-state index is 11.8. The molecule has 2 N–H and O–H groups in total. The van der Waals surface area contributed by atoms with Crippen LogP contribution in [0.15, 0.2) is 60.7 Å². The molecular formula is C21H25NO6. The molecule has 0 fully saturated rings. The molecule has 0 aliphatic heterocycles. The number of carbonyl (C=O) groups excluding carboxylic acids is 2. The number of aliphatic hydroxyl groups excluding tert-OH is 1. The first-order valence-corrected chi connectivity index (χ1v) is 9.03. The summed E-state index contributed by atoms with van der Waals surface area (Å²) in [6.07, 6.45) is -2.18. The topological polar surface area (TPSA) is 94.1 Å². The lowest BCUT2D eigenvalue weighted by Crippen LogP contribution is -2.41. The van der Waals surface area contributed by atoms with Crippen molar-refractivity contribution in [2.45, 2.75) is 38.7 Å². The Morgan fingerprint density at radius 1 is 0.893 bits per heavy atom. The van der Waals surface area contributed by atoms with Gasteiger partial charge in [0.2, 0.25) is 0 Å². The molecule has 0 spiro atoms. The van der Waals surface area contributed by atoms with E-state index >= 15 is 0 Å². The number of nitrogens with one attached hydrogen (secondary N) is 1. The second kappa shape index (κ2) is 11.6. The predicted octanol–water partition coefficient (Wildman–Crippen LogP) is 3.41. The maximum absolute atomic E-state index is 11.8. The number of rotatable bonds is 9. The number of benzene rings is 2. The van der Waals surface area contributed by atoms with Crippen molar-refractivity contribution in [2.24, 2.45) is 0 Å². The van der Waals surface area contributed by atoms with Gasteiger partial charge in [-0.15, -0.1) is 0 Å². The van der Waals surface area contributed by atoms with E-state index in [9.17, 15) is 14.7 Å². The van der Waals surface area contributed by atoms with E-state index in [1.54, 1.807) is 6.92 Å². The van der Waals surface area contributed by atoms with Crippen LogP contribution in [0.3, 0.4) is 0 Å². The van der Waals surface area contributed by atoms with Crippen molar-refractivity contribution in [1.29, 1.82) is 0 Å². The van der Waals surface area contributed by atoms with Crippen molar-refractivity contribution in [3.05, 3.63) is 71.8 Å². The molecule has 2 unspecified atom stereocenters. The van der Waals surface area contributed by atoms with Gasteiger partial charge in [-0.25, -0.2) is 9.59 Å². The smallest absolute Gasteiger partial charge is 0.445 e. The zero-order valence-corrected chi connectivity index (χ0v) is 15.7. The van der Waals surface area contributed by atoms with Crippen LogP contribution in [0.2, 0.25) is 0 Å². The van der Waals surface area contributed by atoms with Crippen LogP contribution in [0.1, 0.15) is 24.5 Å². The van der Waals surface area contributed by atoms with Crippen LogP contribution in [0.25, 0.3) is 0 Å². The summed E-state index contributed by atoms with van der Waals surface area (Å²) in [4.78, 5) is 23.3. The minimum absolute atomic E-state index is 0.0279. The Hall–Kier alpha value is -3.06. The van der Waals surface area contributed by atoms with Gasteiger partial charge in [-0.3, -0.25) is 0 Å². The van der Waals surface area contributed by atoms with E-state index in [1.165, 1.54) is 0 Å². The highest BCUT2D eigenvalue weighted by molar-refractivity contribution is 5.67. The molecule has 0 aliphatic carbocycles. The lowest BCUT2D eigenvalue weighted by molar-refractivity contribution is 0.0331. The van der Waals surface area contributed by atoms with E-state index in [2.05, 4.69) is 5.32 Å². The number of amides is 1. The number of ether oxygens (including phenoxy) is 3. The zero-order chi connectivity index (χ0) is 20.2.